The fourth-order valence-electron chi connectivity index (χ4n) is 1.37. The molecule has 0 fully saturated rings. The third-order valence-corrected chi connectivity index (χ3v) is 3.25. The predicted molar refractivity (Wildman–Crippen MR) is 67.5 cm³/mol. The topological polar surface area (TPSA) is 98.0 Å². The molecule has 7 nitrogen and oxygen atoms in total. The van der Waals surface area contributed by atoms with E-state index in [1.54, 1.807) is 12.1 Å². The van der Waals surface area contributed by atoms with Crippen molar-refractivity contribution in [3.05, 3.63) is 29.8 Å². The Morgan fingerprint density at radius 3 is 2.89 bits per heavy atom. The highest BCUT2D eigenvalue weighted by molar-refractivity contribution is 7.99. The first-order valence-electron chi connectivity index (χ1n) is 5.32. The number of aromatic nitrogens is 4. The largest absolute Gasteiger partial charge is 0.478 e. The van der Waals surface area contributed by atoms with Gasteiger partial charge in [-0.1, -0.05) is 17.8 Å². The Morgan fingerprint density at radius 1 is 1.42 bits per heavy atom. The lowest BCUT2D eigenvalue weighted by Crippen LogP contribution is -2.03. The van der Waals surface area contributed by atoms with Crippen LogP contribution in [0.15, 0.2) is 29.4 Å². The zero-order valence-corrected chi connectivity index (χ0v) is 10.8. The van der Waals surface area contributed by atoms with E-state index in [2.05, 4.69) is 15.5 Å². The second-order valence-electron chi connectivity index (χ2n) is 3.72. The number of aromatic carboxylic acids is 1. The summed E-state index contributed by atoms with van der Waals surface area (Å²) in [5.74, 6) is -0.745. The molecule has 0 saturated heterocycles. The Morgan fingerprint density at radius 2 is 2.21 bits per heavy atom. The maximum Gasteiger partial charge on any atom is 0.335 e. The molecule has 1 aromatic heterocycles. The highest BCUT2D eigenvalue weighted by atomic mass is 32.2. The lowest BCUT2D eigenvalue weighted by molar-refractivity contribution is -0.114. The summed E-state index contributed by atoms with van der Waals surface area (Å²) in [5, 5.41) is 20.5. The molecule has 0 bridgehead atoms. The summed E-state index contributed by atoms with van der Waals surface area (Å²) in [4.78, 5) is 21.9. The molecule has 0 spiro atoms. The molecule has 0 atom stereocenters. The molecular formula is C11H10N4O3S. The Kier molecular flexibility index (Phi) is 3.91. The van der Waals surface area contributed by atoms with Gasteiger partial charge < -0.3 is 5.11 Å². The van der Waals surface area contributed by atoms with Crippen LogP contribution in [0, 0.1) is 0 Å². The monoisotopic (exact) mass is 278 g/mol. The molecule has 19 heavy (non-hydrogen) atoms. The Bertz CT molecular complexity index is 626. The molecule has 8 heteroatoms. The summed E-state index contributed by atoms with van der Waals surface area (Å²) in [6.07, 6.45) is 0. The van der Waals surface area contributed by atoms with E-state index in [0.717, 1.165) is 0 Å². The maximum absolute atomic E-state index is 11.0. The molecule has 98 valence electrons. The number of ketones is 1. The summed E-state index contributed by atoms with van der Waals surface area (Å²) in [6, 6.07) is 6.26. The highest BCUT2D eigenvalue weighted by Gasteiger charge is 2.11. The van der Waals surface area contributed by atoms with Crippen molar-refractivity contribution in [2.45, 2.75) is 12.1 Å². The van der Waals surface area contributed by atoms with Crippen LogP contribution in [0.4, 0.5) is 0 Å². The van der Waals surface area contributed by atoms with Gasteiger partial charge in [-0.15, -0.1) is 5.10 Å². The summed E-state index contributed by atoms with van der Waals surface area (Å²) >= 11 is 1.20. The Labute approximate surface area is 112 Å². The summed E-state index contributed by atoms with van der Waals surface area (Å²) in [6.45, 7) is 1.48. The van der Waals surface area contributed by atoms with E-state index in [1.165, 1.54) is 35.5 Å². The fraction of sp³-hybridized carbons (Fsp3) is 0.182. The van der Waals surface area contributed by atoms with Crippen LogP contribution in [-0.4, -0.2) is 42.8 Å². The number of benzene rings is 1. The van der Waals surface area contributed by atoms with E-state index in [1.807, 2.05) is 0 Å². The minimum Gasteiger partial charge on any atom is -0.478 e. The van der Waals surface area contributed by atoms with Crippen molar-refractivity contribution >= 4 is 23.5 Å². The van der Waals surface area contributed by atoms with Crippen molar-refractivity contribution in [3.63, 3.8) is 0 Å². The van der Waals surface area contributed by atoms with Gasteiger partial charge in [0, 0.05) is 0 Å². The minimum absolute atomic E-state index is 0.0128. The van der Waals surface area contributed by atoms with Crippen LogP contribution in [0.2, 0.25) is 0 Å². The Hall–Kier alpha value is -2.22. The second-order valence-corrected chi connectivity index (χ2v) is 4.66. The number of carbonyl (C=O) groups excluding carboxylic acids is 1. The number of hydrogen-bond donors (Lipinski definition) is 1. The Balaban J connectivity index is 2.31. The van der Waals surface area contributed by atoms with Crippen LogP contribution in [0.25, 0.3) is 5.69 Å². The number of nitrogens with zero attached hydrogens (tertiary/aromatic N) is 4. The number of tetrazole rings is 1. The predicted octanol–water partition coefficient (Wildman–Crippen LogP) is 1.04. The van der Waals surface area contributed by atoms with Crippen LogP contribution in [-0.2, 0) is 4.79 Å². The smallest absolute Gasteiger partial charge is 0.335 e. The van der Waals surface area contributed by atoms with Gasteiger partial charge in [0.25, 0.3) is 0 Å². The maximum atomic E-state index is 11.0. The van der Waals surface area contributed by atoms with Gasteiger partial charge in [0.2, 0.25) is 5.16 Å². The van der Waals surface area contributed by atoms with E-state index in [4.69, 9.17) is 5.11 Å². The molecule has 0 aliphatic heterocycles. The summed E-state index contributed by atoms with van der Waals surface area (Å²) in [7, 11) is 0. The van der Waals surface area contributed by atoms with E-state index >= 15 is 0 Å². The summed E-state index contributed by atoms with van der Waals surface area (Å²) in [5.41, 5.74) is 0.687. The van der Waals surface area contributed by atoms with Crippen LogP contribution < -0.4 is 0 Å². The van der Waals surface area contributed by atoms with Crippen LogP contribution in [0.1, 0.15) is 17.3 Å². The number of thioether (sulfide) groups is 1. The van der Waals surface area contributed by atoms with Crippen molar-refractivity contribution < 1.29 is 14.7 Å². The van der Waals surface area contributed by atoms with Crippen molar-refractivity contribution in [3.8, 4) is 5.69 Å². The minimum atomic E-state index is -1.02. The van der Waals surface area contributed by atoms with Crippen LogP contribution in [0.5, 0.6) is 0 Å². The fourth-order valence-corrected chi connectivity index (χ4v) is 2.06. The average Bonchev–Trinajstić information content (AvgIpc) is 2.84. The summed E-state index contributed by atoms with van der Waals surface area (Å²) < 4.78 is 1.40. The molecule has 1 heterocycles. The van der Waals surface area contributed by atoms with Gasteiger partial charge >= 0.3 is 5.97 Å². The van der Waals surface area contributed by atoms with Gasteiger partial charge in [-0.2, -0.15) is 4.68 Å². The van der Waals surface area contributed by atoms with Gasteiger partial charge in [-0.3, -0.25) is 4.79 Å². The molecule has 0 radical (unpaired) electrons. The SMILES string of the molecule is CC(=O)CSc1nnnn1-c1cccc(C(=O)O)c1. The van der Waals surface area contributed by atoms with E-state index in [-0.39, 0.29) is 17.1 Å². The lowest BCUT2D eigenvalue weighted by atomic mass is 10.2. The number of hydrogen-bond acceptors (Lipinski definition) is 6. The molecule has 0 unspecified atom stereocenters. The van der Waals surface area contributed by atoms with Gasteiger partial charge in [-0.05, 0) is 35.5 Å². The molecule has 2 aromatic rings. The molecule has 2 rings (SSSR count). The molecule has 0 aliphatic rings. The first kappa shape index (κ1) is 13.2. The molecular weight excluding hydrogens is 268 g/mol. The van der Waals surface area contributed by atoms with Gasteiger partial charge in [0.1, 0.15) is 5.78 Å². The standard InChI is InChI=1S/C11H10N4O3S/c1-7(16)6-19-11-12-13-14-15(11)9-4-2-3-8(5-9)10(17)18/h2-5H,6H2,1H3,(H,17,18). The molecule has 1 aromatic carbocycles. The van der Waals surface area contributed by atoms with Gasteiger partial charge in [0.05, 0.1) is 17.0 Å². The zero-order chi connectivity index (χ0) is 13.8. The van der Waals surface area contributed by atoms with Crippen LogP contribution >= 0.6 is 11.8 Å². The highest BCUT2D eigenvalue weighted by Crippen LogP contribution is 2.18. The number of Topliss-reactive ketones (excluding diaryl/α,β-unsaturated/α-hetero) is 1. The van der Waals surface area contributed by atoms with Crippen molar-refractivity contribution in [2.75, 3.05) is 5.75 Å². The van der Waals surface area contributed by atoms with Crippen LogP contribution in [0.3, 0.4) is 0 Å². The van der Waals surface area contributed by atoms with Crippen molar-refractivity contribution in [2.24, 2.45) is 0 Å². The first-order chi connectivity index (χ1) is 9.08. The lowest BCUT2D eigenvalue weighted by Gasteiger charge is -2.04. The quantitative estimate of drug-likeness (QED) is 0.816. The van der Waals surface area contributed by atoms with Crippen molar-refractivity contribution in [1.82, 2.24) is 20.2 Å². The van der Waals surface area contributed by atoms with Gasteiger partial charge in [-0.25, -0.2) is 4.79 Å². The average molecular weight is 278 g/mol. The first-order valence-corrected chi connectivity index (χ1v) is 6.31. The molecule has 0 saturated carbocycles. The zero-order valence-electron chi connectivity index (χ0n) is 9.98. The van der Waals surface area contributed by atoms with E-state index in [9.17, 15) is 9.59 Å². The molecule has 0 amide bonds. The molecule has 0 aliphatic carbocycles. The third kappa shape index (κ3) is 3.16. The third-order valence-electron chi connectivity index (χ3n) is 2.18. The number of carboxylic acid groups (broad SMARTS) is 1. The van der Waals surface area contributed by atoms with Gasteiger partial charge in [0.15, 0.2) is 0 Å². The number of carboxylic acids is 1. The van der Waals surface area contributed by atoms with Crippen molar-refractivity contribution in [1.29, 1.82) is 0 Å². The second kappa shape index (κ2) is 5.61. The number of carbonyl (C=O) groups is 2. The van der Waals surface area contributed by atoms with E-state index < -0.39 is 5.97 Å². The van der Waals surface area contributed by atoms with E-state index in [0.29, 0.717) is 10.8 Å². The molecule has 1 N–H and O–H groups in total. The normalized spacial score (nSPS) is 10.4. The number of rotatable bonds is 5.